The summed E-state index contributed by atoms with van der Waals surface area (Å²) in [5.74, 6) is -0.00960. The van der Waals surface area contributed by atoms with Gasteiger partial charge in [0, 0.05) is 17.0 Å². The van der Waals surface area contributed by atoms with Crippen LogP contribution in [0.25, 0.3) is 0 Å². The summed E-state index contributed by atoms with van der Waals surface area (Å²) in [5, 5.41) is 8.63. The Bertz CT molecular complexity index is 821. The van der Waals surface area contributed by atoms with Gasteiger partial charge in [0.1, 0.15) is 6.04 Å². The van der Waals surface area contributed by atoms with Crippen molar-refractivity contribution in [3.63, 3.8) is 0 Å². The highest BCUT2D eigenvalue weighted by molar-refractivity contribution is 7.03. The van der Waals surface area contributed by atoms with Crippen molar-refractivity contribution in [2.45, 2.75) is 71.0 Å². The minimum atomic E-state index is -0.692. The van der Waals surface area contributed by atoms with Crippen molar-refractivity contribution in [2.75, 3.05) is 0 Å². The van der Waals surface area contributed by atoms with Crippen molar-refractivity contribution in [3.8, 4) is 0 Å². The van der Waals surface area contributed by atoms with Crippen LogP contribution in [0, 0.1) is 0 Å². The highest BCUT2D eigenvalue weighted by atomic mass is 32.1. The van der Waals surface area contributed by atoms with Crippen LogP contribution in [0.15, 0.2) is 29.6 Å². The molecule has 0 aliphatic heterocycles. The van der Waals surface area contributed by atoms with Crippen LogP contribution in [0.4, 0.5) is 0 Å². The molecule has 0 radical (unpaired) electrons. The third-order valence-corrected chi connectivity index (χ3v) is 5.20. The topological polar surface area (TPSA) is 75.2 Å². The Morgan fingerprint density at radius 3 is 2.21 bits per heavy atom. The van der Waals surface area contributed by atoms with Crippen LogP contribution in [-0.2, 0) is 4.79 Å². The number of rotatable bonds is 6. The van der Waals surface area contributed by atoms with Gasteiger partial charge >= 0.3 is 0 Å². The van der Waals surface area contributed by atoms with Crippen molar-refractivity contribution < 1.29 is 9.59 Å². The quantitative estimate of drug-likeness (QED) is 0.797. The molecule has 1 saturated carbocycles. The fourth-order valence-electron chi connectivity index (χ4n) is 3.18. The third kappa shape index (κ3) is 4.76. The van der Waals surface area contributed by atoms with Crippen molar-refractivity contribution in [3.05, 3.63) is 46.5 Å². The lowest BCUT2D eigenvalue weighted by molar-refractivity contribution is -0.127. The van der Waals surface area contributed by atoms with Crippen molar-refractivity contribution in [1.29, 1.82) is 0 Å². The van der Waals surface area contributed by atoms with Crippen LogP contribution in [0.2, 0.25) is 0 Å². The maximum absolute atomic E-state index is 13.3. The van der Waals surface area contributed by atoms with E-state index in [9.17, 15) is 9.59 Å². The number of amides is 2. The molecule has 0 saturated heterocycles. The van der Waals surface area contributed by atoms with Crippen LogP contribution in [0.3, 0.4) is 0 Å². The number of nitrogens with one attached hydrogen (secondary N) is 1. The van der Waals surface area contributed by atoms with Gasteiger partial charge in [0.15, 0.2) is 5.69 Å². The molecule has 1 aliphatic rings. The Balaban J connectivity index is 2.00. The van der Waals surface area contributed by atoms with Gasteiger partial charge in [0.2, 0.25) is 5.91 Å². The second-order valence-electron chi connectivity index (χ2n) is 8.70. The van der Waals surface area contributed by atoms with E-state index in [4.69, 9.17) is 0 Å². The Morgan fingerprint density at radius 1 is 1.14 bits per heavy atom. The van der Waals surface area contributed by atoms with E-state index in [1.165, 1.54) is 5.56 Å². The monoisotopic (exact) mass is 400 g/mol. The molecule has 1 aromatic carbocycles. The van der Waals surface area contributed by atoms with E-state index in [0.29, 0.717) is 11.6 Å². The van der Waals surface area contributed by atoms with Gasteiger partial charge in [-0.25, -0.2) is 0 Å². The molecular weight excluding hydrogens is 372 g/mol. The number of benzene rings is 1. The summed E-state index contributed by atoms with van der Waals surface area (Å²) in [4.78, 5) is 28.2. The van der Waals surface area contributed by atoms with E-state index < -0.39 is 11.6 Å². The zero-order valence-corrected chi connectivity index (χ0v) is 17.9. The van der Waals surface area contributed by atoms with Crippen LogP contribution >= 0.6 is 11.5 Å². The Labute approximate surface area is 170 Å². The standard InChI is InChI=1S/C21H28N4O2S/c1-13(2)14-6-8-15(9-7-14)18(19(26)22-21(3,4)5)25(16-10-11-16)20(27)17-12-28-24-23-17/h6-9,12-13,16,18H,10-11H2,1-5H3,(H,22,26)/t18-/m0/s1. The molecule has 7 heteroatoms. The molecule has 3 rings (SSSR count). The fourth-order valence-corrected chi connectivity index (χ4v) is 3.61. The van der Waals surface area contributed by atoms with E-state index in [-0.39, 0.29) is 17.9 Å². The SMILES string of the molecule is CC(C)c1ccc([C@@H](C(=O)NC(C)(C)C)N(C(=O)c2csnn2)C2CC2)cc1. The highest BCUT2D eigenvalue weighted by Crippen LogP contribution is 2.36. The average molecular weight is 401 g/mol. The molecule has 1 aromatic heterocycles. The zero-order chi connectivity index (χ0) is 20.5. The lowest BCUT2D eigenvalue weighted by Crippen LogP contribution is -2.50. The first-order valence-corrected chi connectivity index (χ1v) is 10.5. The summed E-state index contributed by atoms with van der Waals surface area (Å²) in [5.41, 5.74) is 1.92. The van der Waals surface area contributed by atoms with Gasteiger partial charge in [-0.2, -0.15) is 0 Å². The molecular formula is C21H28N4O2S. The molecule has 150 valence electrons. The fraction of sp³-hybridized carbons (Fsp3) is 0.524. The third-order valence-electron chi connectivity index (χ3n) is 4.70. The summed E-state index contributed by atoms with van der Waals surface area (Å²) >= 11 is 1.14. The van der Waals surface area contributed by atoms with Gasteiger partial charge in [-0.05, 0) is 62.2 Å². The molecule has 1 fully saturated rings. The maximum Gasteiger partial charge on any atom is 0.276 e. The molecule has 0 bridgehead atoms. The molecule has 1 heterocycles. The number of carbonyl (C=O) groups excluding carboxylic acids is 2. The van der Waals surface area contributed by atoms with Crippen molar-refractivity contribution >= 4 is 23.3 Å². The molecule has 0 spiro atoms. The van der Waals surface area contributed by atoms with E-state index in [1.54, 1.807) is 10.3 Å². The largest absolute Gasteiger partial charge is 0.349 e. The van der Waals surface area contributed by atoms with Gasteiger partial charge in [0.05, 0.1) is 0 Å². The average Bonchev–Trinajstić information content (AvgIpc) is 3.29. The first-order chi connectivity index (χ1) is 13.2. The molecule has 28 heavy (non-hydrogen) atoms. The molecule has 1 N–H and O–H groups in total. The van der Waals surface area contributed by atoms with Crippen LogP contribution in [0.5, 0.6) is 0 Å². The van der Waals surface area contributed by atoms with Gasteiger partial charge in [-0.1, -0.05) is 42.6 Å². The van der Waals surface area contributed by atoms with Crippen molar-refractivity contribution in [2.24, 2.45) is 0 Å². The van der Waals surface area contributed by atoms with E-state index in [2.05, 4.69) is 28.8 Å². The van der Waals surface area contributed by atoms with Crippen LogP contribution in [0.1, 0.15) is 81.0 Å². The highest BCUT2D eigenvalue weighted by Gasteiger charge is 2.43. The van der Waals surface area contributed by atoms with E-state index in [0.717, 1.165) is 29.9 Å². The first kappa shape index (κ1) is 20.5. The second kappa shape index (κ2) is 7.99. The number of nitrogens with zero attached hydrogens (tertiary/aromatic N) is 3. The normalized spacial score (nSPS) is 15.4. The minimum Gasteiger partial charge on any atom is -0.349 e. The number of hydrogen-bond donors (Lipinski definition) is 1. The van der Waals surface area contributed by atoms with E-state index in [1.807, 2.05) is 45.0 Å². The predicted octanol–water partition coefficient (Wildman–Crippen LogP) is 3.92. The number of aromatic nitrogens is 2. The molecule has 0 unspecified atom stereocenters. The van der Waals surface area contributed by atoms with Gasteiger partial charge in [0.25, 0.3) is 5.91 Å². The summed E-state index contributed by atoms with van der Waals surface area (Å²) in [7, 11) is 0. The Hall–Kier alpha value is -2.28. The zero-order valence-electron chi connectivity index (χ0n) is 17.1. The number of carbonyl (C=O) groups is 2. The van der Waals surface area contributed by atoms with Crippen LogP contribution < -0.4 is 5.32 Å². The Morgan fingerprint density at radius 2 is 1.75 bits per heavy atom. The molecule has 1 atom stereocenters. The number of hydrogen-bond acceptors (Lipinski definition) is 5. The predicted molar refractivity (Wildman–Crippen MR) is 110 cm³/mol. The van der Waals surface area contributed by atoms with Crippen molar-refractivity contribution in [1.82, 2.24) is 19.8 Å². The van der Waals surface area contributed by atoms with Gasteiger partial charge < -0.3 is 10.2 Å². The molecule has 1 aliphatic carbocycles. The Kier molecular flexibility index (Phi) is 5.84. The summed E-state index contributed by atoms with van der Waals surface area (Å²) in [6.07, 6.45) is 1.79. The maximum atomic E-state index is 13.3. The first-order valence-electron chi connectivity index (χ1n) is 9.69. The molecule has 6 nitrogen and oxygen atoms in total. The summed E-state index contributed by atoms with van der Waals surface area (Å²) in [6, 6.07) is 7.36. The molecule has 2 aromatic rings. The van der Waals surface area contributed by atoms with Gasteiger partial charge in [-0.15, -0.1) is 5.10 Å². The smallest absolute Gasteiger partial charge is 0.276 e. The molecule has 2 amide bonds. The minimum absolute atomic E-state index is 0.0506. The second-order valence-corrected chi connectivity index (χ2v) is 9.31. The van der Waals surface area contributed by atoms with E-state index >= 15 is 0 Å². The van der Waals surface area contributed by atoms with Gasteiger partial charge in [-0.3, -0.25) is 9.59 Å². The van der Waals surface area contributed by atoms with Crippen LogP contribution in [-0.4, -0.2) is 37.9 Å². The lowest BCUT2D eigenvalue weighted by Gasteiger charge is -2.33. The summed E-state index contributed by atoms with van der Waals surface area (Å²) < 4.78 is 3.82. The lowest BCUT2D eigenvalue weighted by atomic mass is 9.96. The summed E-state index contributed by atoms with van der Waals surface area (Å²) in [6.45, 7) is 10.1.